The van der Waals surface area contributed by atoms with E-state index >= 15 is 0 Å². The van der Waals surface area contributed by atoms with Crippen molar-refractivity contribution in [2.24, 2.45) is 0 Å². The van der Waals surface area contributed by atoms with E-state index in [0.29, 0.717) is 0 Å². The van der Waals surface area contributed by atoms with E-state index in [9.17, 15) is 0 Å². The summed E-state index contributed by atoms with van der Waals surface area (Å²) in [5.74, 6) is 0. The Morgan fingerprint density at radius 1 is 0.200 bits per heavy atom. The molecule has 3 heterocycles. The lowest BCUT2D eigenvalue weighted by Crippen LogP contribution is -1.95. The summed E-state index contributed by atoms with van der Waals surface area (Å²) < 4.78 is 16.4. The maximum absolute atomic E-state index is 6.99. The van der Waals surface area contributed by atoms with Gasteiger partial charge in [-0.2, -0.15) is 0 Å². The van der Waals surface area contributed by atoms with Crippen molar-refractivity contribution in [1.82, 2.24) is 4.57 Å². The molecule has 0 atom stereocenters. The molecule has 0 bridgehead atoms. The van der Waals surface area contributed by atoms with Crippen molar-refractivity contribution in [1.29, 1.82) is 0 Å². The Balaban J connectivity index is 0.918. The van der Waals surface area contributed by atoms with E-state index in [-0.39, 0.29) is 0 Å². The predicted molar refractivity (Wildman–Crippen MR) is 315 cm³/mol. The summed E-state index contributed by atoms with van der Waals surface area (Å²) in [6.07, 6.45) is 0. The summed E-state index contributed by atoms with van der Waals surface area (Å²) in [6.45, 7) is 0. The molecule has 0 aliphatic heterocycles. The van der Waals surface area contributed by atoms with Crippen LogP contribution in [-0.4, -0.2) is 4.57 Å². The molecule has 0 fully saturated rings. The third kappa shape index (κ3) is 6.35. The van der Waals surface area contributed by atoms with E-state index in [1.165, 1.54) is 48.7 Å². The number of aromatic nitrogens is 1. The lowest BCUT2D eigenvalue weighted by atomic mass is 9.92. The Hall–Kier alpha value is -9.96. The van der Waals surface area contributed by atoms with Gasteiger partial charge in [-0.25, -0.2) is 0 Å². The minimum Gasteiger partial charge on any atom is -0.455 e. The summed E-state index contributed by atoms with van der Waals surface area (Å²) >= 11 is 0. The van der Waals surface area contributed by atoms with Gasteiger partial charge in [0.2, 0.25) is 0 Å². The van der Waals surface area contributed by atoms with Crippen molar-refractivity contribution in [3.8, 4) is 61.3 Å². The van der Waals surface area contributed by atoms with Gasteiger partial charge in [0.25, 0.3) is 0 Å². The molecule has 0 saturated carbocycles. The summed E-state index contributed by atoms with van der Waals surface area (Å²) in [7, 11) is 0. The van der Waals surface area contributed by atoms with Gasteiger partial charge in [-0.05, 0) is 96.0 Å². The lowest BCUT2D eigenvalue weighted by Gasteiger charge is -2.14. The van der Waals surface area contributed by atoms with Crippen molar-refractivity contribution in [3.63, 3.8) is 0 Å². The van der Waals surface area contributed by atoms with E-state index in [1.807, 2.05) is 0 Å². The van der Waals surface area contributed by atoms with Gasteiger partial charge in [0, 0.05) is 60.3 Å². The van der Waals surface area contributed by atoms with Crippen molar-refractivity contribution in [3.05, 3.63) is 261 Å². The Morgan fingerprint density at radius 2 is 0.533 bits per heavy atom. The molecular weight excluding hydrogens is 911 g/mol. The first kappa shape index (κ1) is 41.6. The number of nitrogens with zero attached hydrogens (tertiary/aromatic N) is 1. The zero-order chi connectivity index (χ0) is 49.1. The van der Waals surface area contributed by atoms with Crippen LogP contribution in [0.25, 0.3) is 159 Å². The maximum atomic E-state index is 6.99. The molecule has 0 saturated heterocycles. The van der Waals surface area contributed by atoms with E-state index in [2.05, 4.69) is 265 Å². The highest BCUT2D eigenvalue weighted by atomic mass is 16.3. The van der Waals surface area contributed by atoms with Gasteiger partial charge < -0.3 is 13.4 Å². The first-order valence-corrected chi connectivity index (χ1v) is 25.7. The average Bonchev–Trinajstić information content (AvgIpc) is 4.18. The third-order valence-corrected chi connectivity index (χ3v) is 15.8. The molecule has 75 heavy (non-hydrogen) atoms. The molecule has 0 N–H and O–H groups in total. The fourth-order valence-corrected chi connectivity index (χ4v) is 12.3. The number of furan rings is 2. The number of para-hydroxylation sites is 4. The van der Waals surface area contributed by atoms with Crippen LogP contribution in [0.3, 0.4) is 0 Å². The molecule has 0 aliphatic rings. The molecule has 0 aliphatic carbocycles. The molecular formula is C72H43NO2. The van der Waals surface area contributed by atoms with Crippen LogP contribution in [0, 0.1) is 0 Å². The summed E-state index contributed by atoms with van der Waals surface area (Å²) in [5, 5.41) is 14.4. The predicted octanol–water partition coefficient (Wildman–Crippen LogP) is 20.4. The molecule has 0 unspecified atom stereocenters. The fraction of sp³-hybridized carbons (Fsp3) is 0. The number of benzene rings is 13. The van der Waals surface area contributed by atoms with Crippen LogP contribution in [0.4, 0.5) is 0 Å². The van der Waals surface area contributed by atoms with Gasteiger partial charge >= 0.3 is 0 Å². The number of fused-ring (bicyclic) bond motifs is 15. The molecule has 0 amide bonds. The standard InChI is InChI=1S/C72H43NO2/c1-3-16-44(17-4-1)51-26-12-30-62-64-32-14-28-53(71(64)74-69(51)62)48-35-38-60-61-39-36-49(54-29-15-33-65-63-31-13-27-52(70(63)75-72(54)65)45-18-5-2-6-19-45)43-68(61)73(67(60)42-48)50-21-11-20-46(40-50)47-34-37-59-57-24-8-7-22-55(57)56-23-9-10-25-58(56)66(59)41-47/h1-43H. The van der Waals surface area contributed by atoms with Gasteiger partial charge in [-0.1, -0.05) is 231 Å². The van der Waals surface area contributed by atoms with Crippen LogP contribution in [0.5, 0.6) is 0 Å². The quantitative estimate of drug-likeness (QED) is 0.156. The molecule has 13 aromatic carbocycles. The summed E-state index contributed by atoms with van der Waals surface area (Å²) in [4.78, 5) is 0. The number of hydrogen-bond acceptors (Lipinski definition) is 2. The van der Waals surface area contributed by atoms with Crippen LogP contribution in [0.15, 0.2) is 270 Å². The average molecular weight is 954 g/mol. The molecule has 3 heteroatoms. The van der Waals surface area contributed by atoms with Gasteiger partial charge in [0.1, 0.15) is 22.3 Å². The Morgan fingerprint density at radius 3 is 1.00 bits per heavy atom. The highest BCUT2D eigenvalue weighted by Gasteiger charge is 2.21. The summed E-state index contributed by atoms with van der Waals surface area (Å²) in [6, 6.07) is 94.6. The second-order valence-corrected chi connectivity index (χ2v) is 19.9. The first-order valence-electron chi connectivity index (χ1n) is 25.7. The monoisotopic (exact) mass is 953 g/mol. The Bertz CT molecular complexity index is 4750. The van der Waals surface area contributed by atoms with E-state index in [4.69, 9.17) is 8.83 Å². The maximum Gasteiger partial charge on any atom is 0.143 e. The van der Waals surface area contributed by atoms with Crippen LogP contribution in [0.1, 0.15) is 0 Å². The van der Waals surface area contributed by atoms with Crippen LogP contribution in [-0.2, 0) is 0 Å². The van der Waals surface area contributed by atoms with Crippen molar-refractivity contribution in [2.75, 3.05) is 0 Å². The van der Waals surface area contributed by atoms with Crippen LogP contribution < -0.4 is 0 Å². The van der Waals surface area contributed by atoms with E-state index in [1.54, 1.807) is 0 Å². The minimum absolute atomic E-state index is 0.883. The molecule has 3 nitrogen and oxygen atoms in total. The molecule has 3 aromatic heterocycles. The van der Waals surface area contributed by atoms with E-state index < -0.39 is 0 Å². The van der Waals surface area contributed by atoms with Crippen molar-refractivity contribution < 1.29 is 8.83 Å². The lowest BCUT2D eigenvalue weighted by molar-refractivity contribution is 0.670. The fourth-order valence-electron chi connectivity index (χ4n) is 12.3. The van der Waals surface area contributed by atoms with Crippen molar-refractivity contribution in [2.45, 2.75) is 0 Å². The van der Waals surface area contributed by atoms with Crippen LogP contribution in [0.2, 0.25) is 0 Å². The minimum atomic E-state index is 0.883. The smallest absolute Gasteiger partial charge is 0.143 e. The topological polar surface area (TPSA) is 31.2 Å². The Kier molecular flexibility index (Phi) is 9.04. The zero-order valence-electron chi connectivity index (χ0n) is 40.6. The molecule has 348 valence electrons. The molecule has 0 radical (unpaired) electrons. The number of rotatable bonds is 6. The number of hydrogen-bond donors (Lipinski definition) is 0. The first-order chi connectivity index (χ1) is 37.2. The second-order valence-electron chi connectivity index (χ2n) is 19.9. The highest BCUT2D eigenvalue weighted by molar-refractivity contribution is 6.26. The molecule has 16 aromatic rings. The van der Waals surface area contributed by atoms with Gasteiger partial charge in [0.15, 0.2) is 0 Å². The van der Waals surface area contributed by atoms with Gasteiger partial charge in [0.05, 0.1) is 11.0 Å². The van der Waals surface area contributed by atoms with E-state index in [0.717, 1.165) is 111 Å². The largest absolute Gasteiger partial charge is 0.455 e. The SMILES string of the molecule is c1ccc(-c2cccc3c2oc2c(-c4ccc5c6ccc(-c7cccc8c7oc7c(-c9ccccc9)cccc78)cc6n(-c6cccc(-c7ccc8c9ccccc9c9ccccc9c8c7)c6)c5c4)cccc23)cc1. The highest BCUT2D eigenvalue weighted by Crippen LogP contribution is 2.45. The Labute approximate surface area is 431 Å². The second kappa shape index (κ2) is 16.3. The van der Waals surface area contributed by atoms with Crippen LogP contribution >= 0.6 is 0 Å². The third-order valence-electron chi connectivity index (χ3n) is 15.8. The molecule has 0 spiro atoms. The summed E-state index contributed by atoms with van der Waals surface area (Å²) in [5.41, 5.74) is 17.9. The molecule has 16 rings (SSSR count). The van der Waals surface area contributed by atoms with Crippen molar-refractivity contribution >= 4 is 98.0 Å². The normalized spacial score (nSPS) is 12.0. The van der Waals surface area contributed by atoms with Gasteiger partial charge in [-0.15, -0.1) is 0 Å². The van der Waals surface area contributed by atoms with Gasteiger partial charge in [-0.3, -0.25) is 0 Å². The zero-order valence-corrected chi connectivity index (χ0v) is 40.6.